The minimum Gasteiger partial charge on any atom is -0.495 e. The average Bonchev–Trinajstić information content (AvgIpc) is 2.68. The molecule has 16 heavy (non-hydrogen) atoms. The van der Waals surface area contributed by atoms with E-state index in [9.17, 15) is 0 Å². The maximum atomic E-state index is 6.17. The van der Waals surface area contributed by atoms with Crippen molar-refractivity contribution in [1.82, 2.24) is 9.97 Å². The molecule has 0 unspecified atom stereocenters. The summed E-state index contributed by atoms with van der Waals surface area (Å²) in [6.07, 6.45) is 1.69. The van der Waals surface area contributed by atoms with Gasteiger partial charge in [0.2, 0.25) is 0 Å². The van der Waals surface area contributed by atoms with Crippen molar-refractivity contribution in [3.05, 3.63) is 35.5 Å². The van der Waals surface area contributed by atoms with Gasteiger partial charge in [0.15, 0.2) is 0 Å². The molecule has 2 aromatic heterocycles. The van der Waals surface area contributed by atoms with Crippen LogP contribution in [0, 0.1) is 0 Å². The first kappa shape index (κ1) is 9.48. The van der Waals surface area contributed by atoms with Crippen molar-refractivity contribution in [3.8, 4) is 5.75 Å². The van der Waals surface area contributed by atoms with Crippen LogP contribution < -0.4 is 4.74 Å². The van der Waals surface area contributed by atoms with Gasteiger partial charge in [-0.3, -0.25) is 0 Å². The number of fused-ring (bicyclic) bond motifs is 3. The van der Waals surface area contributed by atoms with Gasteiger partial charge in [-0.2, -0.15) is 0 Å². The number of halogens is 1. The van der Waals surface area contributed by atoms with E-state index >= 15 is 0 Å². The summed E-state index contributed by atoms with van der Waals surface area (Å²) in [6.45, 7) is 0. The van der Waals surface area contributed by atoms with Crippen molar-refractivity contribution >= 4 is 33.5 Å². The molecule has 0 fully saturated rings. The highest BCUT2D eigenvalue weighted by Crippen LogP contribution is 2.34. The van der Waals surface area contributed by atoms with Gasteiger partial charge in [0, 0.05) is 17.0 Å². The van der Waals surface area contributed by atoms with E-state index in [1.165, 1.54) is 0 Å². The summed E-state index contributed by atoms with van der Waals surface area (Å²) in [5.41, 5.74) is 1.72. The minimum absolute atomic E-state index is 0.699. The standard InChI is InChI=1S/C12H9ClN2O/c1-16-9-4-2-3-7-10-8(13)5-6-14-12(10)15-11(7)9/h2-6H,1H3,(H,14,15). The van der Waals surface area contributed by atoms with Crippen molar-refractivity contribution in [3.63, 3.8) is 0 Å². The Morgan fingerprint density at radius 2 is 2.19 bits per heavy atom. The number of rotatable bonds is 1. The Morgan fingerprint density at radius 1 is 1.31 bits per heavy atom. The summed E-state index contributed by atoms with van der Waals surface area (Å²) >= 11 is 6.17. The lowest BCUT2D eigenvalue weighted by molar-refractivity contribution is 0.419. The molecule has 0 saturated heterocycles. The topological polar surface area (TPSA) is 37.9 Å². The number of hydrogen-bond donors (Lipinski definition) is 1. The third-order valence-electron chi connectivity index (χ3n) is 2.66. The fourth-order valence-electron chi connectivity index (χ4n) is 1.95. The second kappa shape index (κ2) is 3.39. The van der Waals surface area contributed by atoms with Gasteiger partial charge in [0.1, 0.15) is 11.4 Å². The molecule has 4 heteroatoms. The molecule has 0 aliphatic rings. The van der Waals surface area contributed by atoms with Crippen LogP contribution in [0.5, 0.6) is 5.75 Å². The number of ether oxygens (including phenoxy) is 1. The molecular formula is C12H9ClN2O. The quantitative estimate of drug-likeness (QED) is 0.699. The van der Waals surface area contributed by atoms with Crippen molar-refractivity contribution in [2.24, 2.45) is 0 Å². The average molecular weight is 233 g/mol. The molecule has 1 aromatic carbocycles. The van der Waals surface area contributed by atoms with Gasteiger partial charge in [-0.05, 0) is 12.1 Å². The van der Waals surface area contributed by atoms with Crippen LogP contribution in [0.4, 0.5) is 0 Å². The van der Waals surface area contributed by atoms with Gasteiger partial charge >= 0.3 is 0 Å². The van der Waals surface area contributed by atoms with E-state index in [4.69, 9.17) is 16.3 Å². The van der Waals surface area contributed by atoms with E-state index in [0.717, 1.165) is 27.7 Å². The van der Waals surface area contributed by atoms with Gasteiger partial charge in [-0.15, -0.1) is 0 Å². The van der Waals surface area contributed by atoms with Gasteiger partial charge in [-0.1, -0.05) is 23.7 Å². The fraction of sp³-hybridized carbons (Fsp3) is 0.0833. The fourth-order valence-corrected chi connectivity index (χ4v) is 2.19. The second-order valence-corrected chi connectivity index (χ2v) is 3.93. The van der Waals surface area contributed by atoms with Crippen molar-refractivity contribution in [2.45, 2.75) is 0 Å². The highest BCUT2D eigenvalue weighted by Gasteiger charge is 2.11. The van der Waals surface area contributed by atoms with Crippen LogP contribution >= 0.6 is 11.6 Å². The third kappa shape index (κ3) is 1.18. The molecule has 0 amide bonds. The van der Waals surface area contributed by atoms with Crippen LogP contribution in [0.3, 0.4) is 0 Å². The molecule has 0 atom stereocenters. The minimum atomic E-state index is 0.699. The molecule has 0 radical (unpaired) electrons. The van der Waals surface area contributed by atoms with Crippen molar-refractivity contribution < 1.29 is 4.74 Å². The van der Waals surface area contributed by atoms with Gasteiger partial charge in [0.25, 0.3) is 0 Å². The normalized spacial score (nSPS) is 11.1. The predicted octanol–water partition coefficient (Wildman–Crippen LogP) is 3.38. The van der Waals surface area contributed by atoms with Crippen molar-refractivity contribution in [1.29, 1.82) is 0 Å². The van der Waals surface area contributed by atoms with E-state index in [1.54, 1.807) is 19.4 Å². The number of benzene rings is 1. The number of aromatic nitrogens is 2. The molecule has 0 saturated carbocycles. The number of aromatic amines is 1. The largest absolute Gasteiger partial charge is 0.495 e. The summed E-state index contributed by atoms with van der Waals surface area (Å²) in [5.74, 6) is 0.798. The van der Waals surface area contributed by atoms with E-state index in [0.29, 0.717) is 5.02 Å². The van der Waals surface area contributed by atoms with E-state index < -0.39 is 0 Å². The second-order valence-electron chi connectivity index (χ2n) is 3.52. The van der Waals surface area contributed by atoms with Crippen LogP contribution in [0.15, 0.2) is 30.5 Å². The van der Waals surface area contributed by atoms with Crippen LogP contribution in [0.2, 0.25) is 5.02 Å². The molecule has 80 valence electrons. The lowest BCUT2D eigenvalue weighted by Gasteiger charge is -1.99. The van der Waals surface area contributed by atoms with E-state index in [1.807, 2.05) is 18.2 Å². The molecule has 0 bridgehead atoms. The van der Waals surface area contributed by atoms with Crippen LogP contribution in [-0.2, 0) is 0 Å². The van der Waals surface area contributed by atoms with E-state index in [2.05, 4.69) is 9.97 Å². The number of hydrogen-bond acceptors (Lipinski definition) is 2. The smallest absolute Gasteiger partial charge is 0.142 e. The molecule has 2 heterocycles. The molecular weight excluding hydrogens is 224 g/mol. The molecule has 0 aliphatic carbocycles. The Balaban J connectivity index is 2.56. The van der Waals surface area contributed by atoms with Crippen LogP contribution in [0.25, 0.3) is 21.9 Å². The Morgan fingerprint density at radius 3 is 3.00 bits per heavy atom. The molecule has 0 spiro atoms. The predicted molar refractivity (Wildman–Crippen MR) is 65.2 cm³/mol. The number of H-pyrrole nitrogens is 1. The molecule has 3 rings (SSSR count). The number of nitrogens with one attached hydrogen (secondary N) is 1. The van der Waals surface area contributed by atoms with Gasteiger partial charge in [0.05, 0.1) is 17.6 Å². The Bertz CT molecular complexity index is 675. The molecule has 0 aliphatic heterocycles. The molecule has 3 nitrogen and oxygen atoms in total. The summed E-state index contributed by atoms with van der Waals surface area (Å²) in [7, 11) is 1.65. The first-order valence-corrected chi connectivity index (χ1v) is 5.28. The summed E-state index contributed by atoms with van der Waals surface area (Å²) in [6, 6.07) is 7.64. The molecule has 1 N–H and O–H groups in total. The summed E-state index contributed by atoms with van der Waals surface area (Å²) < 4.78 is 5.29. The van der Waals surface area contributed by atoms with Crippen LogP contribution in [-0.4, -0.2) is 17.1 Å². The highest BCUT2D eigenvalue weighted by atomic mass is 35.5. The first-order valence-electron chi connectivity index (χ1n) is 4.90. The zero-order valence-electron chi connectivity index (χ0n) is 8.62. The third-order valence-corrected chi connectivity index (χ3v) is 2.97. The highest BCUT2D eigenvalue weighted by molar-refractivity contribution is 6.37. The first-order chi connectivity index (χ1) is 7.81. The molecule has 3 aromatic rings. The van der Waals surface area contributed by atoms with Crippen LogP contribution in [0.1, 0.15) is 0 Å². The van der Waals surface area contributed by atoms with Gasteiger partial charge < -0.3 is 9.72 Å². The summed E-state index contributed by atoms with van der Waals surface area (Å²) in [5, 5.41) is 2.68. The van der Waals surface area contributed by atoms with Crippen molar-refractivity contribution in [2.75, 3.05) is 7.11 Å². The number of nitrogens with zero attached hydrogens (tertiary/aromatic N) is 1. The lowest BCUT2D eigenvalue weighted by atomic mass is 10.2. The number of methoxy groups -OCH3 is 1. The Labute approximate surface area is 97.0 Å². The Kier molecular flexibility index (Phi) is 2.01. The van der Waals surface area contributed by atoms with Gasteiger partial charge in [-0.25, -0.2) is 4.98 Å². The van der Waals surface area contributed by atoms with E-state index in [-0.39, 0.29) is 0 Å². The maximum Gasteiger partial charge on any atom is 0.142 e. The number of pyridine rings is 1. The Hall–Kier alpha value is -1.74. The maximum absolute atomic E-state index is 6.17. The SMILES string of the molecule is COc1cccc2c1[nH]c1nccc(Cl)c12. The zero-order chi connectivity index (χ0) is 11.1. The lowest BCUT2D eigenvalue weighted by Crippen LogP contribution is -1.82. The number of para-hydroxylation sites is 1. The monoisotopic (exact) mass is 232 g/mol. The summed E-state index contributed by atoms with van der Waals surface area (Å²) in [4.78, 5) is 7.48. The zero-order valence-corrected chi connectivity index (χ0v) is 9.38.